The number of nitrogens with zero attached hydrogens (tertiary/aromatic N) is 1. The number of alkyl halides is 2. The summed E-state index contributed by atoms with van der Waals surface area (Å²) in [5.41, 5.74) is 5.76. The van der Waals surface area contributed by atoms with Gasteiger partial charge >= 0.3 is 0 Å². The number of halogens is 3. The van der Waals surface area contributed by atoms with Crippen molar-refractivity contribution in [2.75, 3.05) is 0 Å². The second-order valence-corrected chi connectivity index (χ2v) is 3.25. The fourth-order valence-electron chi connectivity index (χ4n) is 0.766. The van der Waals surface area contributed by atoms with Crippen molar-refractivity contribution < 1.29 is 8.78 Å². The minimum atomic E-state index is -2.50. The van der Waals surface area contributed by atoms with Gasteiger partial charge in [0.15, 0.2) is 0 Å². The van der Waals surface area contributed by atoms with Crippen LogP contribution in [-0.4, -0.2) is 22.7 Å². The Labute approximate surface area is 76.5 Å². The summed E-state index contributed by atoms with van der Waals surface area (Å²) in [7, 11) is 0. The van der Waals surface area contributed by atoms with Gasteiger partial charge in [-0.15, -0.1) is 0 Å². The Kier molecular flexibility index (Phi) is 3.16. The van der Waals surface area contributed by atoms with Crippen molar-refractivity contribution in [3.05, 3.63) is 16.4 Å². The highest BCUT2D eigenvalue weighted by Crippen LogP contribution is 2.15. The molecule has 1 aromatic rings. The molecule has 0 saturated heterocycles. The molecule has 0 aliphatic carbocycles. The molecule has 0 aromatic carbocycles. The Hall–Kier alpha value is -0.490. The zero-order valence-corrected chi connectivity index (χ0v) is 7.68. The van der Waals surface area contributed by atoms with Gasteiger partial charge in [-0.05, 0) is 15.9 Å². The highest BCUT2D eigenvalue weighted by atomic mass is 79.9. The summed E-state index contributed by atoms with van der Waals surface area (Å²) in [6, 6.07) is -1.14. The molecule has 1 aromatic heterocycles. The highest BCUT2D eigenvalue weighted by Gasteiger charge is 2.17. The average Bonchev–Trinajstić information content (AvgIpc) is 2.36. The number of aromatic nitrogens is 2. The van der Waals surface area contributed by atoms with E-state index in [1.165, 1.54) is 6.20 Å². The van der Waals surface area contributed by atoms with Gasteiger partial charge in [-0.3, -0.25) is 5.10 Å². The van der Waals surface area contributed by atoms with E-state index in [1.54, 1.807) is 0 Å². The van der Waals surface area contributed by atoms with Gasteiger partial charge in [0.2, 0.25) is 0 Å². The molecule has 0 amide bonds. The quantitative estimate of drug-likeness (QED) is 0.836. The lowest BCUT2D eigenvalue weighted by Gasteiger charge is -2.08. The van der Waals surface area contributed by atoms with E-state index < -0.39 is 12.5 Å². The van der Waals surface area contributed by atoms with E-state index in [0.29, 0.717) is 10.2 Å². The first kappa shape index (κ1) is 9.60. The largest absolute Gasteiger partial charge is 0.323 e. The third kappa shape index (κ3) is 2.25. The molecular weight excluding hydrogens is 232 g/mol. The summed E-state index contributed by atoms with van der Waals surface area (Å²) in [6.07, 6.45) is -0.897. The molecule has 0 aliphatic heterocycles. The monoisotopic (exact) mass is 239 g/mol. The molecule has 0 bridgehead atoms. The van der Waals surface area contributed by atoms with Crippen molar-refractivity contribution in [1.29, 1.82) is 0 Å². The molecule has 0 spiro atoms. The van der Waals surface area contributed by atoms with Gasteiger partial charge in [0, 0.05) is 6.42 Å². The number of H-pyrrole nitrogens is 1. The van der Waals surface area contributed by atoms with Gasteiger partial charge in [-0.2, -0.15) is 5.10 Å². The maximum Gasteiger partial charge on any atom is 0.253 e. The highest BCUT2D eigenvalue weighted by molar-refractivity contribution is 9.10. The van der Waals surface area contributed by atoms with Crippen LogP contribution in [0.15, 0.2) is 10.7 Å². The van der Waals surface area contributed by atoms with E-state index >= 15 is 0 Å². The molecule has 0 saturated carbocycles. The van der Waals surface area contributed by atoms with Crippen LogP contribution < -0.4 is 5.73 Å². The minimum absolute atomic E-state index is 0.0955. The number of aromatic amines is 1. The molecular formula is C6H8BrF2N3. The molecule has 68 valence electrons. The van der Waals surface area contributed by atoms with Crippen LogP contribution in [0, 0.1) is 0 Å². The van der Waals surface area contributed by atoms with E-state index in [0.717, 1.165) is 0 Å². The van der Waals surface area contributed by atoms with Gasteiger partial charge in [0.1, 0.15) is 0 Å². The fraction of sp³-hybridized carbons (Fsp3) is 0.500. The third-order valence-electron chi connectivity index (χ3n) is 1.43. The van der Waals surface area contributed by atoms with E-state index in [2.05, 4.69) is 26.1 Å². The standard InChI is InChI=1S/C6H8BrF2N3/c7-3-2-11-12-5(3)1-4(10)6(8)9/h2,4,6H,1,10H2,(H,11,12). The van der Waals surface area contributed by atoms with Gasteiger partial charge < -0.3 is 5.73 Å². The molecule has 6 heteroatoms. The summed E-state index contributed by atoms with van der Waals surface area (Å²) in [5.74, 6) is 0. The van der Waals surface area contributed by atoms with Gasteiger partial charge in [0.05, 0.1) is 22.4 Å². The summed E-state index contributed by atoms with van der Waals surface area (Å²) < 4.78 is 24.6. The van der Waals surface area contributed by atoms with Crippen LogP contribution in [-0.2, 0) is 6.42 Å². The zero-order valence-electron chi connectivity index (χ0n) is 6.10. The third-order valence-corrected chi connectivity index (χ3v) is 2.11. The Balaban J connectivity index is 2.58. The van der Waals surface area contributed by atoms with Gasteiger partial charge in [-0.1, -0.05) is 0 Å². The lowest BCUT2D eigenvalue weighted by atomic mass is 10.2. The molecule has 12 heavy (non-hydrogen) atoms. The first-order valence-electron chi connectivity index (χ1n) is 3.32. The van der Waals surface area contributed by atoms with E-state index in [-0.39, 0.29) is 6.42 Å². The van der Waals surface area contributed by atoms with Crippen molar-refractivity contribution >= 4 is 15.9 Å². The topological polar surface area (TPSA) is 54.7 Å². The molecule has 1 rings (SSSR count). The second kappa shape index (κ2) is 3.95. The lowest BCUT2D eigenvalue weighted by Crippen LogP contribution is -2.31. The fourth-order valence-corrected chi connectivity index (χ4v) is 1.12. The summed E-state index contributed by atoms with van der Waals surface area (Å²) in [5, 5.41) is 6.24. The van der Waals surface area contributed by atoms with Crippen LogP contribution in [0.3, 0.4) is 0 Å². The average molecular weight is 240 g/mol. The zero-order chi connectivity index (χ0) is 9.14. The Morgan fingerprint density at radius 2 is 2.33 bits per heavy atom. The van der Waals surface area contributed by atoms with Crippen molar-refractivity contribution in [1.82, 2.24) is 10.2 Å². The minimum Gasteiger partial charge on any atom is -0.323 e. The molecule has 1 heterocycles. The van der Waals surface area contributed by atoms with Gasteiger partial charge in [-0.25, -0.2) is 8.78 Å². The summed E-state index contributed by atoms with van der Waals surface area (Å²) in [4.78, 5) is 0. The van der Waals surface area contributed by atoms with Crippen LogP contribution in [0.4, 0.5) is 8.78 Å². The van der Waals surface area contributed by atoms with Crippen LogP contribution >= 0.6 is 15.9 Å². The van der Waals surface area contributed by atoms with Crippen LogP contribution in [0.25, 0.3) is 0 Å². The van der Waals surface area contributed by atoms with Crippen molar-refractivity contribution in [2.45, 2.75) is 18.9 Å². The van der Waals surface area contributed by atoms with Crippen molar-refractivity contribution in [2.24, 2.45) is 5.73 Å². The molecule has 0 radical (unpaired) electrons. The first-order valence-corrected chi connectivity index (χ1v) is 4.12. The number of nitrogens with one attached hydrogen (secondary N) is 1. The number of hydrogen-bond donors (Lipinski definition) is 2. The Morgan fingerprint density at radius 3 is 2.75 bits per heavy atom. The second-order valence-electron chi connectivity index (χ2n) is 2.40. The number of hydrogen-bond acceptors (Lipinski definition) is 2. The summed E-state index contributed by atoms with van der Waals surface area (Å²) >= 11 is 3.15. The van der Waals surface area contributed by atoms with Crippen molar-refractivity contribution in [3.8, 4) is 0 Å². The Bertz CT molecular complexity index is 251. The number of nitrogens with two attached hydrogens (primary N) is 1. The molecule has 0 fully saturated rings. The van der Waals surface area contributed by atoms with Crippen LogP contribution in [0.2, 0.25) is 0 Å². The predicted octanol–water partition coefficient (Wildman–Crippen LogP) is 1.31. The Morgan fingerprint density at radius 1 is 1.67 bits per heavy atom. The van der Waals surface area contributed by atoms with E-state index in [4.69, 9.17) is 5.73 Å². The van der Waals surface area contributed by atoms with Crippen molar-refractivity contribution in [3.63, 3.8) is 0 Å². The lowest BCUT2D eigenvalue weighted by molar-refractivity contribution is 0.115. The van der Waals surface area contributed by atoms with E-state index in [9.17, 15) is 8.78 Å². The number of rotatable bonds is 3. The molecule has 1 unspecified atom stereocenters. The predicted molar refractivity (Wildman–Crippen MR) is 44.0 cm³/mol. The first-order chi connectivity index (χ1) is 5.61. The summed E-state index contributed by atoms with van der Waals surface area (Å²) in [6.45, 7) is 0. The normalized spacial score (nSPS) is 13.8. The molecule has 3 N–H and O–H groups in total. The smallest absolute Gasteiger partial charge is 0.253 e. The van der Waals surface area contributed by atoms with E-state index in [1.807, 2.05) is 0 Å². The molecule has 1 atom stereocenters. The molecule has 3 nitrogen and oxygen atoms in total. The molecule has 0 aliphatic rings. The maximum atomic E-state index is 12.0. The van der Waals surface area contributed by atoms with Crippen LogP contribution in [0.1, 0.15) is 5.69 Å². The van der Waals surface area contributed by atoms with Gasteiger partial charge in [0.25, 0.3) is 6.43 Å². The van der Waals surface area contributed by atoms with Crippen LogP contribution in [0.5, 0.6) is 0 Å². The maximum absolute atomic E-state index is 12.0. The SMILES string of the molecule is NC(Cc1[nH]ncc1Br)C(F)F.